The minimum absolute atomic E-state index is 0.0411. The number of carbonyl (C=O) groups is 2. The van der Waals surface area contributed by atoms with E-state index >= 15 is 0 Å². The summed E-state index contributed by atoms with van der Waals surface area (Å²) in [6, 6.07) is 0.224. The molecule has 0 aromatic rings. The van der Waals surface area contributed by atoms with Crippen LogP contribution in [-0.2, 0) is 9.59 Å². The molecular formula is C14H26N4O2. The molecule has 0 radical (unpaired) electrons. The monoisotopic (exact) mass is 282 g/mol. The molecule has 0 saturated carbocycles. The molecule has 2 aliphatic rings. The van der Waals surface area contributed by atoms with Crippen molar-refractivity contribution in [3.63, 3.8) is 0 Å². The van der Waals surface area contributed by atoms with E-state index in [-0.39, 0.29) is 23.8 Å². The van der Waals surface area contributed by atoms with E-state index in [1.807, 2.05) is 23.9 Å². The molecule has 2 fully saturated rings. The highest BCUT2D eigenvalue weighted by Gasteiger charge is 2.34. The van der Waals surface area contributed by atoms with Gasteiger partial charge in [-0.15, -0.1) is 0 Å². The summed E-state index contributed by atoms with van der Waals surface area (Å²) in [5.41, 5.74) is 0. The third-order valence-corrected chi connectivity index (χ3v) is 4.05. The van der Waals surface area contributed by atoms with Crippen LogP contribution in [0.4, 0.5) is 0 Å². The molecule has 2 amide bonds. The van der Waals surface area contributed by atoms with Gasteiger partial charge in [0.1, 0.15) is 0 Å². The molecule has 0 aliphatic carbocycles. The van der Waals surface area contributed by atoms with Gasteiger partial charge in [0.15, 0.2) is 0 Å². The quantitative estimate of drug-likeness (QED) is 0.697. The third-order valence-electron chi connectivity index (χ3n) is 4.05. The van der Waals surface area contributed by atoms with E-state index in [1.54, 1.807) is 0 Å². The molecule has 0 bridgehead atoms. The van der Waals surface area contributed by atoms with Crippen molar-refractivity contribution in [2.24, 2.45) is 5.92 Å². The SMILES string of the molecule is CN(C)CCN1CC(C(=O)NC2CCCNC2)CC1=O. The molecule has 6 heteroatoms. The van der Waals surface area contributed by atoms with Crippen LogP contribution in [0.5, 0.6) is 0 Å². The molecule has 2 atom stereocenters. The number of hydrogen-bond acceptors (Lipinski definition) is 4. The molecule has 20 heavy (non-hydrogen) atoms. The van der Waals surface area contributed by atoms with Gasteiger partial charge in [0.05, 0.1) is 5.92 Å². The number of likely N-dealkylation sites (N-methyl/N-ethyl adjacent to an activating group) is 1. The van der Waals surface area contributed by atoms with E-state index in [2.05, 4.69) is 10.6 Å². The number of piperidine rings is 1. The third kappa shape index (κ3) is 4.18. The lowest BCUT2D eigenvalue weighted by atomic mass is 10.0. The van der Waals surface area contributed by atoms with E-state index in [0.29, 0.717) is 19.5 Å². The van der Waals surface area contributed by atoms with Crippen LogP contribution in [0.1, 0.15) is 19.3 Å². The fourth-order valence-corrected chi connectivity index (χ4v) is 2.78. The summed E-state index contributed by atoms with van der Waals surface area (Å²) in [7, 11) is 3.97. The Morgan fingerprint density at radius 3 is 2.95 bits per heavy atom. The summed E-state index contributed by atoms with van der Waals surface area (Å²) in [6.07, 6.45) is 2.49. The van der Waals surface area contributed by atoms with Gasteiger partial charge in [0.25, 0.3) is 0 Å². The zero-order chi connectivity index (χ0) is 14.5. The molecule has 2 N–H and O–H groups in total. The summed E-state index contributed by atoms with van der Waals surface area (Å²) in [4.78, 5) is 28.0. The van der Waals surface area contributed by atoms with Crippen LogP contribution in [0.25, 0.3) is 0 Å². The molecule has 0 aromatic heterocycles. The van der Waals surface area contributed by atoms with Crippen molar-refractivity contribution in [3.8, 4) is 0 Å². The van der Waals surface area contributed by atoms with Crippen LogP contribution in [0, 0.1) is 5.92 Å². The van der Waals surface area contributed by atoms with Crippen molar-refractivity contribution >= 4 is 11.8 Å². The number of hydrogen-bond donors (Lipinski definition) is 2. The molecule has 6 nitrogen and oxygen atoms in total. The van der Waals surface area contributed by atoms with E-state index in [4.69, 9.17) is 0 Å². The number of rotatable bonds is 5. The Hall–Kier alpha value is -1.14. The predicted octanol–water partition coefficient (Wildman–Crippen LogP) is -0.735. The molecule has 2 aliphatic heterocycles. The zero-order valence-corrected chi connectivity index (χ0v) is 12.5. The van der Waals surface area contributed by atoms with E-state index in [0.717, 1.165) is 32.5 Å². The van der Waals surface area contributed by atoms with Crippen LogP contribution in [0.3, 0.4) is 0 Å². The van der Waals surface area contributed by atoms with Crippen molar-refractivity contribution in [2.75, 3.05) is 46.8 Å². The first-order valence-electron chi connectivity index (χ1n) is 7.50. The second kappa shape index (κ2) is 7.04. The highest BCUT2D eigenvalue weighted by atomic mass is 16.2. The van der Waals surface area contributed by atoms with Gasteiger partial charge in [-0.05, 0) is 33.5 Å². The summed E-state index contributed by atoms with van der Waals surface area (Å²) >= 11 is 0. The van der Waals surface area contributed by atoms with Crippen LogP contribution in [0.2, 0.25) is 0 Å². The van der Waals surface area contributed by atoms with Gasteiger partial charge in [-0.25, -0.2) is 0 Å². The Labute approximate surface area is 120 Å². The van der Waals surface area contributed by atoms with E-state index < -0.39 is 0 Å². The van der Waals surface area contributed by atoms with Gasteiger partial charge in [0.2, 0.25) is 11.8 Å². The normalized spacial score (nSPS) is 27.1. The lowest BCUT2D eigenvalue weighted by Crippen LogP contribution is -2.47. The minimum Gasteiger partial charge on any atom is -0.352 e. The highest BCUT2D eigenvalue weighted by molar-refractivity contribution is 5.89. The number of nitrogens with zero attached hydrogens (tertiary/aromatic N) is 2. The Bertz CT molecular complexity index is 353. The zero-order valence-electron chi connectivity index (χ0n) is 12.5. The molecule has 2 rings (SSSR count). The number of nitrogens with one attached hydrogen (secondary N) is 2. The maximum atomic E-state index is 12.2. The second-order valence-corrected chi connectivity index (χ2v) is 6.10. The second-order valence-electron chi connectivity index (χ2n) is 6.10. The summed E-state index contributed by atoms with van der Waals surface area (Å²) in [5, 5.41) is 6.36. The lowest BCUT2D eigenvalue weighted by Gasteiger charge is -2.25. The standard InChI is InChI=1S/C14H26N4O2/c1-17(2)6-7-18-10-11(8-13(18)19)14(20)16-12-4-3-5-15-9-12/h11-12,15H,3-10H2,1-2H3,(H,16,20). The average molecular weight is 282 g/mol. The molecule has 0 spiro atoms. The van der Waals surface area contributed by atoms with Crippen LogP contribution in [-0.4, -0.2) is 74.5 Å². The lowest BCUT2D eigenvalue weighted by molar-refractivity contribution is -0.129. The topological polar surface area (TPSA) is 64.7 Å². The molecule has 0 aromatic carbocycles. The van der Waals surface area contributed by atoms with Gasteiger partial charge in [0, 0.05) is 38.6 Å². The largest absolute Gasteiger partial charge is 0.352 e. The average Bonchev–Trinajstić information content (AvgIpc) is 2.79. The number of amides is 2. The van der Waals surface area contributed by atoms with E-state index in [9.17, 15) is 9.59 Å². The summed E-state index contributed by atoms with van der Waals surface area (Å²) in [5.74, 6) is -0.0280. The molecule has 114 valence electrons. The predicted molar refractivity (Wildman–Crippen MR) is 77.3 cm³/mol. The van der Waals surface area contributed by atoms with Crippen molar-refractivity contribution in [1.82, 2.24) is 20.4 Å². The maximum Gasteiger partial charge on any atom is 0.225 e. The fourth-order valence-electron chi connectivity index (χ4n) is 2.78. The summed E-state index contributed by atoms with van der Waals surface area (Å²) in [6.45, 7) is 4.00. The smallest absolute Gasteiger partial charge is 0.225 e. The molecular weight excluding hydrogens is 256 g/mol. The Morgan fingerprint density at radius 2 is 2.30 bits per heavy atom. The fraction of sp³-hybridized carbons (Fsp3) is 0.857. The molecule has 2 saturated heterocycles. The van der Waals surface area contributed by atoms with Crippen molar-refractivity contribution in [1.29, 1.82) is 0 Å². The van der Waals surface area contributed by atoms with Gasteiger partial charge >= 0.3 is 0 Å². The molecule has 2 heterocycles. The van der Waals surface area contributed by atoms with Crippen LogP contribution >= 0.6 is 0 Å². The van der Waals surface area contributed by atoms with Gasteiger partial charge in [-0.3, -0.25) is 9.59 Å². The number of likely N-dealkylation sites (tertiary alicyclic amines) is 1. The first-order chi connectivity index (χ1) is 9.56. The van der Waals surface area contributed by atoms with Crippen LogP contribution in [0.15, 0.2) is 0 Å². The first kappa shape index (κ1) is 15.3. The summed E-state index contributed by atoms with van der Waals surface area (Å²) < 4.78 is 0. The van der Waals surface area contributed by atoms with Crippen molar-refractivity contribution in [2.45, 2.75) is 25.3 Å². The van der Waals surface area contributed by atoms with Gasteiger partial charge in [-0.1, -0.05) is 0 Å². The van der Waals surface area contributed by atoms with E-state index in [1.165, 1.54) is 0 Å². The van der Waals surface area contributed by atoms with Crippen molar-refractivity contribution < 1.29 is 9.59 Å². The van der Waals surface area contributed by atoms with Gasteiger partial charge < -0.3 is 20.4 Å². The minimum atomic E-state index is -0.174. The van der Waals surface area contributed by atoms with Gasteiger partial charge in [-0.2, -0.15) is 0 Å². The Balaban J connectivity index is 1.78. The Morgan fingerprint density at radius 1 is 1.50 bits per heavy atom. The highest BCUT2D eigenvalue weighted by Crippen LogP contribution is 2.18. The maximum absolute atomic E-state index is 12.2. The van der Waals surface area contributed by atoms with Crippen LogP contribution < -0.4 is 10.6 Å². The Kier molecular flexibility index (Phi) is 5.37. The van der Waals surface area contributed by atoms with Crippen molar-refractivity contribution in [3.05, 3.63) is 0 Å². The molecule has 2 unspecified atom stereocenters. The first-order valence-corrected chi connectivity index (χ1v) is 7.50. The number of carbonyl (C=O) groups excluding carboxylic acids is 2.